The lowest BCUT2D eigenvalue weighted by Gasteiger charge is -2.07. The second-order valence-electron chi connectivity index (χ2n) is 4.22. The zero-order valence-electron chi connectivity index (χ0n) is 11.5. The van der Waals surface area contributed by atoms with Crippen LogP contribution < -0.4 is 5.32 Å². The maximum atomic E-state index is 11.9. The summed E-state index contributed by atoms with van der Waals surface area (Å²) in [4.78, 5) is 0. The van der Waals surface area contributed by atoms with E-state index in [0.717, 1.165) is 15.7 Å². The zero-order chi connectivity index (χ0) is 14.8. The zero-order valence-corrected chi connectivity index (χ0v) is 13.1. The van der Waals surface area contributed by atoms with Crippen molar-refractivity contribution >= 4 is 26.5 Å². The third kappa shape index (κ3) is 3.17. The summed E-state index contributed by atoms with van der Waals surface area (Å²) in [6.07, 6.45) is 0.839. The molecule has 7 nitrogen and oxygen atoms in total. The molecule has 0 bridgehead atoms. The van der Waals surface area contributed by atoms with Crippen LogP contribution in [-0.4, -0.2) is 37.0 Å². The first kappa shape index (κ1) is 14.9. The van der Waals surface area contributed by atoms with E-state index in [1.165, 1.54) is 31.5 Å². The van der Waals surface area contributed by atoms with Crippen LogP contribution in [0.4, 0.5) is 5.13 Å². The second kappa shape index (κ2) is 5.90. The van der Waals surface area contributed by atoms with Gasteiger partial charge in [0, 0.05) is 14.1 Å². The van der Waals surface area contributed by atoms with E-state index in [0.29, 0.717) is 17.4 Å². The SMILES string of the molecule is CCc1nnc(NCc2ccc(S(=O)(=O)N(C)C)o2)s1. The summed E-state index contributed by atoms with van der Waals surface area (Å²) >= 11 is 1.47. The molecule has 9 heteroatoms. The Balaban J connectivity index is 2.03. The molecule has 0 radical (unpaired) electrons. The Morgan fingerprint density at radius 1 is 1.35 bits per heavy atom. The van der Waals surface area contributed by atoms with Gasteiger partial charge in [0.2, 0.25) is 10.2 Å². The number of nitrogens with one attached hydrogen (secondary N) is 1. The van der Waals surface area contributed by atoms with Gasteiger partial charge >= 0.3 is 0 Å². The molecule has 0 aromatic carbocycles. The van der Waals surface area contributed by atoms with Crippen LogP contribution in [-0.2, 0) is 23.0 Å². The predicted octanol–water partition coefficient (Wildman–Crippen LogP) is 1.56. The third-order valence-electron chi connectivity index (χ3n) is 2.56. The minimum absolute atomic E-state index is 0.0641. The molecule has 0 amide bonds. The number of rotatable bonds is 6. The van der Waals surface area contributed by atoms with E-state index in [4.69, 9.17) is 4.42 Å². The summed E-state index contributed by atoms with van der Waals surface area (Å²) in [6.45, 7) is 2.37. The fourth-order valence-corrected chi connectivity index (χ4v) is 2.89. The lowest BCUT2D eigenvalue weighted by Crippen LogP contribution is -2.21. The summed E-state index contributed by atoms with van der Waals surface area (Å²) in [5.41, 5.74) is 0. The average molecular weight is 316 g/mol. The first-order chi connectivity index (χ1) is 9.43. The molecule has 110 valence electrons. The van der Waals surface area contributed by atoms with Gasteiger partial charge in [-0.05, 0) is 18.6 Å². The van der Waals surface area contributed by atoms with Crippen LogP contribution in [0.25, 0.3) is 0 Å². The van der Waals surface area contributed by atoms with Gasteiger partial charge in [-0.1, -0.05) is 18.3 Å². The van der Waals surface area contributed by atoms with Gasteiger partial charge in [0.1, 0.15) is 10.8 Å². The molecule has 20 heavy (non-hydrogen) atoms. The summed E-state index contributed by atoms with van der Waals surface area (Å²) in [7, 11) is -0.602. The molecule has 0 aliphatic rings. The number of sulfonamides is 1. The highest BCUT2D eigenvalue weighted by molar-refractivity contribution is 7.88. The molecule has 1 N–H and O–H groups in total. The fourth-order valence-electron chi connectivity index (χ4n) is 1.40. The highest BCUT2D eigenvalue weighted by Gasteiger charge is 2.21. The number of hydrogen-bond donors (Lipinski definition) is 1. The van der Waals surface area contributed by atoms with Gasteiger partial charge in [-0.25, -0.2) is 12.7 Å². The Kier molecular flexibility index (Phi) is 4.41. The normalized spacial score (nSPS) is 12.0. The van der Waals surface area contributed by atoms with E-state index in [2.05, 4.69) is 15.5 Å². The van der Waals surface area contributed by atoms with Crippen LogP contribution in [0.3, 0.4) is 0 Å². The van der Waals surface area contributed by atoms with Gasteiger partial charge < -0.3 is 9.73 Å². The van der Waals surface area contributed by atoms with Crippen molar-refractivity contribution in [3.63, 3.8) is 0 Å². The van der Waals surface area contributed by atoms with Crippen molar-refractivity contribution in [3.05, 3.63) is 22.9 Å². The first-order valence-corrected chi connectivity index (χ1v) is 8.26. The van der Waals surface area contributed by atoms with Gasteiger partial charge in [-0.3, -0.25) is 0 Å². The number of nitrogens with zero attached hydrogens (tertiary/aromatic N) is 3. The molecule has 2 aromatic rings. The molecule has 0 aliphatic carbocycles. The van der Waals surface area contributed by atoms with Gasteiger partial charge in [0.15, 0.2) is 0 Å². The molecule has 0 saturated heterocycles. The average Bonchev–Trinajstić information content (AvgIpc) is 3.05. The molecule has 0 unspecified atom stereocenters. The fraction of sp³-hybridized carbons (Fsp3) is 0.455. The second-order valence-corrected chi connectivity index (χ2v) is 7.36. The van der Waals surface area contributed by atoms with Crippen LogP contribution in [0.2, 0.25) is 0 Å². The molecule has 0 saturated carbocycles. The van der Waals surface area contributed by atoms with E-state index in [1.54, 1.807) is 6.07 Å². The van der Waals surface area contributed by atoms with E-state index >= 15 is 0 Å². The standard InChI is InChI=1S/C11H16N4O3S2/c1-4-9-13-14-11(19-9)12-7-8-5-6-10(18-8)20(16,17)15(2)3/h5-6H,4,7H2,1-3H3,(H,12,14). The largest absolute Gasteiger partial charge is 0.446 e. The number of anilines is 1. The number of hydrogen-bond acceptors (Lipinski definition) is 7. The van der Waals surface area contributed by atoms with Gasteiger partial charge in [0.25, 0.3) is 10.0 Å². The number of aryl methyl sites for hydroxylation is 1. The molecular formula is C11H16N4O3S2. The molecule has 2 rings (SSSR count). The smallest absolute Gasteiger partial charge is 0.275 e. The summed E-state index contributed by atoms with van der Waals surface area (Å²) in [6, 6.07) is 3.08. The molecule has 0 atom stereocenters. The quantitative estimate of drug-likeness (QED) is 0.870. The lowest BCUT2D eigenvalue weighted by molar-refractivity contribution is 0.402. The van der Waals surface area contributed by atoms with Crippen molar-refractivity contribution in [1.82, 2.24) is 14.5 Å². The summed E-state index contributed by atoms with van der Waals surface area (Å²) < 4.78 is 30.1. The Hall–Kier alpha value is -1.45. The predicted molar refractivity (Wildman–Crippen MR) is 76.2 cm³/mol. The Labute approximate surface area is 121 Å². The third-order valence-corrected chi connectivity index (χ3v) is 5.27. The van der Waals surface area contributed by atoms with Crippen molar-refractivity contribution in [2.24, 2.45) is 0 Å². The van der Waals surface area contributed by atoms with Gasteiger partial charge in [-0.15, -0.1) is 10.2 Å². The molecule has 2 aromatic heterocycles. The maximum Gasteiger partial charge on any atom is 0.275 e. The van der Waals surface area contributed by atoms with Crippen molar-refractivity contribution in [2.75, 3.05) is 19.4 Å². The van der Waals surface area contributed by atoms with E-state index in [1.807, 2.05) is 6.92 Å². The van der Waals surface area contributed by atoms with Crippen LogP contribution in [0.1, 0.15) is 17.7 Å². The maximum absolute atomic E-state index is 11.9. The van der Waals surface area contributed by atoms with Crippen molar-refractivity contribution in [1.29, 1.82) is 0 Å². The van der Waals surface area contributed by atoms with Crippen LogP contribution in [0.5, 0.6) is 0 Å². The highest BCUT2D eigenvalue weighted by atomic mass is 32.2. The van der Waals surface area contributed by atoms with E-state index in [-0.39, 0.29) is 5.09 Å². The molecule has 0 spiro atoms. The minimum atomic E-state index is -3.53. The molecule has 0 fully saturated rings. The Morgan fingerprint density at radius 2 is 2.10 bits per heavy atom. The summed E-state index contributed by atoms with van der Waals surface area (Å²) in [5, 5.41) is 12.6. The topological polar surface area (TPSA) is 88.3 Å². The van der Waals surface area contributed by atoms with Crippen molar-refractivity contribution < 1.29 is 12.8 Å². The monoisotopic (exact) mass is 316 g/mol. The minimum Gasteiger partial charge on any atom is -0.446 e. The van der Waals surface area contributed by atoms with Crippen molar-refractivity contribution in [2.45, 2.75) is 25.0 Å². The van der Waals surface area contributed by atoms with E-state index < -0.39 is 10.0 Å². The summed E-state index contributed by atoms with van der Waals surface area (Å²) in [5.74, 6) is 0.527. The molecular weight excluding hydrogens is 300 g/mol. The van der Waals surface area contributed by atoms with E-state index in [9.17, 15) is 8.42 Å². The Bertz CT molecular complexity index is 675. The Morgan fingerprint density at radius 3 is 2.70 bits per heavy atom. The van der Waals surface area contributed by atoms with Crippen LogP contribution >= 0.6 is 11.3 Å². The van der Waals surface area contributed by atoms with Gasteiger partial charge in [-0.2, -0.15) is 0 Å². The van der Waals surface area contributed by atoms with Crippen LogP contribution in [0.15, 0.2) is 21.6 Å². The lowest BCUT2D eigenvalue weighted by atomic mass is 10.4. The molecule has 0 aliphatic heterocycles. The highest BCUT2D eigenvalue weighted by Crippen LogP contribution is 2.19. The number of aromatic nitrogens is 2. The molecule has 2 heterocycles. The first-order valence-electron chi connectivity index (χ1n) is 6.01. The van der Waals surface area contributed by atoms with Crippen molar-refractivity contribution in [3.8, 4) is 0 Å². The van der Waals surface area contributed by atoms with Gasteiger partial charge in [0.05, 0.1) is 6.54 Å². The number of furan rings is 1. The van der Waals surface area contributed by atoms with Crippen LogP contribution in [0, 0.1) is 0 Å².